The van der Waals surface area contributed by atoms with Crippen LogP contribution >= 0.6 is 11.3 Å². The minimum atomic E-state index is -4.69. The van der Waals surface area contributed by atoms with Gasteiger partial charge in [-0.3, -0.25) is 4.40 Å². The molecule has 26 heavy (non-hydrogen) atoms. The van der Waals surface area contributed by atoms with Gasteiger partial charge in [0.1, 0.15) is 6.61 Å². The molecule has 0 saturated carbocycles. The van der Waals surface area contributed by atoms with E-state index in [4.69, 9.17) is 4.74 Å². The molecule has 0 spiro atoms. The van der Waals surface area contributed by atoms with Gasteiger partial charge in [-0.25, -0.2) is 9.97 Å². The van der Waals surface area contributed by atoms with E-state index in [-0.39, 0.29) is 18.3 Å². The third-order valence-corrected chi connectivity index (χ3v) is 4.34. The van der Waals surface area contributed by atoms with E-state index in [0.717, 1.165) is 16.3 Å². The number of alkyl halides is 3. The number of aryl methyl sites for hydroxylation is 1. The Kier molecular flexibility index (Phi) is 3.87. The maximum Gasteiger partial charge on any atom is 0.471 e. The van der Waals surface area contributed by atoms with Gasteiger partial charge in [0.15, 0.2) is 4.96 Å². The summed E-state index contributed by atoms with van der Waals surface area (Å²) in [6, 6.07) is 2.92. The Labute approximate surface area is 148 Å². The fourth-order valence-electron chi connectivity index (χ4n) is 2.34. The molecule has 11 heteroatoms. The molecule has 0 aliphatic carbocycles. The Morgan fingerprint density at radius 3 is 2.92 bits per heavy atom. The molecule has 4 heterocycles. The zero-order chi connectivity index (χ0) is 18.3. The predicted molar refractivity (Wildman–Crippen MR) is 84.7 cm³/mol. The van der Waals surface area contributed by atoms with Crippen LogP contribution in [-0.4, -0.2) is 24.5 Å². The molecule has 4 aromatic heterocycles. The molecule has 0 fully saturated rings. The summed E-state index contributed by atoms with van der Waals surface area (Å²) in [5, 5.41) is 5.27. The monoisotopic (exact) mass is 381 g/mol. The van der Waals surface area contributed by atoms with E-state index >= 15 is 0 Å². The van der Waals surface area contributed by atoms with E-state index in [2.05, 4.69) is 24.6 Å². The van der Waals surface area contributed by atoms with Crippen LogP contribution in [0.1, 0.15) is 17.3 Å². The smallest absolute Gasteiger partial charge is 0.471 e. The van der Waals surface area contributed by atoms with E-state index in [0.29, 0.717) is 5.56 Å². The zero-order valence-corrected chi connectivity index (χ0v) is 14.0. The predicted octanol–water partition coefficient (Wildman–Crippen LogP) is 3.75. The van der Waals surface area contributed by atoms with Gasteiger partial charge < -0.3 is 9.26 Å². The SMILES string of the molecule is Cc1nc2sccn2c1COc1cc(-c2noc(C(F)(F)F)n2)ccn1. The summed E-state index contributed by atoms with van der Waals surface area (Å²) in [6.07, 6.45) is -1.40. The molecular formula is C15H10F3N5O2S. The van der Waals surface area contributed by atoms with E-state index in [1.807, 2.05) is 22.9 Å². The highest BCUT2D eigenvalue weighted by atomic mass is 32.1. The molecule has 0 amide bonds. The molecule has 4 rings (SSSR count). The average Bonchev–Trinajstić information content (AvgIpc) is 3.29. The van der Waals surface area contributed by atoms with Crippen molar-refractivity contribution in [2.45, 2.75) is 19.7 Å². The first kappa shape index (κ1) is 16.5. The second kappa shape index (κ2) is 6.09. The van der Waals surface area contributed by atoms with Crippen LogP contribution in [0.25, 0.3) is 16.3 Å². The summed E-state index contributed by atoms with van der Waals surface area (Å²) >= 11 is 1.51. The number of rotatable bonds is 4. The molecule has 4 aromatic rings. The minimum Gasteiger partial charge on any atom is -0.471 e. The molecule has 0 bridgehead atoms. The zero-order valence-electron chi connectivity index (χ0n) is 13.2. The molecular weight excluding hydrogens is 371 g/mol. The van der Waals surface area contributed by atoms with Gasteiger partial charge in [-0.05, 0) is 13.0 Å². The molecule has 0 aliphatic rings. The number of nitrogens with zero attached hydrogens (tertiary/aromatic N) is 5. The number of pyridine rings is 1. The van der Waals surface area contributed by atoms with Crippen LogP contribution in [0.2, 0.25) is 0 Å². The second-order valence-electron chi connectivity index (χ2n) is 5.29. The van der Waals surface area contributed by atoms with E-state index in [1.165, 1.54) is 29.7 Å². The van der Waals surface area contributed by atoms with Crippen molar-refractivity contribution in [3.8, 4) is 17.3 Å². The van der Waals surface area contributed by atoms with Gasteiger partial charge in [0, 0.05) is 29.4 Å². The lowest BCUT2D eigenvalue weighted by molar-refractivity contribution is -0.159. The third-order valence-electron chi connectivity index (χ3n) is 3.58. The van der Waals surface area contributed by atoms with E-state index in [9.17, 15) is 13.2 Å². The van der Waals surface area contributed by atoms with Crippen molar-refractivity contribution in [3.63, 3.8) is 0 Å². The van der Waals surface area contributed by atoms with Gasteiger partial charge in [0.2, 0.25) is 11.7 Å². The summed E-state index contributed by atoms with van der Waals surface area (Å²) in [5.41, 5.74) is 2.01. The summed E-state index contributed by atoms with van der Waals surface area (Å²) in [4.78, 5) is 12.7. The number of aromatic nitrogens is 5. The normalized spacial score (nSPS) is 12.0. The van der Waals surface area contributed by atoms with Crippen molar-refractivity contribution >= 4 is 16.3 Å². The topological polar surface area (TPSA) is 78.3 Å². The van der Waals surface area contributed by atoms with Crippen LogP contribution < -0.4 is 4.74 Å². The van der Waals surface area contributed by atoms with Crippen LogP contribution in [0.3, 0.4) is 0 Å². The summed E-state index contributed by atoms with van der Waals surface area (Å²) in [6.45, 7) is 2.08. The first-order valence-corrected chi connectivity index (χ1v) is 8.21. The van der Waals surface area contributed by atoms with Gasteiger partial charge in [-0.2, -0.15) is 18.2 Å². The summed E-state index contributed by atoms with van der Waals surface area (Å²) < 4.78 is 49.5. The van der Waals surface area contributed by atoms with Crippen LogP contribution in [0.15, 0.2) is 34.4 Å². The highest BCUT2D eigenvalue weighted by Gasteiger charge is 2.38. The average molecular weight is 381 g/mol. The molecule has 0 radical (unpaired) electrons. The Bertz CT molecular complexity index is 1070. The van der Waals surface area contributed by atoms with E-state index in [1.54, 1.807) is 0 Å². The lowest BCUT2D eigenvalue weighted by atomic mass is 10.2. The highest BCUT2D eigenvalue weighted by molar-refractivity contribution is 7.15. The number of thiazole rings is 1. The lowest BCUT2D eigenvalue weighted by Crippen LogP contribution is -2.04. The van der Waals surface area contributed by atoms with Crippen LogP contribution in [-0.2, 0) is 12.8 Å². The second-order valence-corrected chi connectivity index (χ2v) is 6.16. The van der Waals surface area contributed by atoms with Crippen molar-refractivity contribution in [2.24, 2.45) is 0 Å². The quantitative estimate of drug-likeness (QED) is 0.536. The van der Waals surface area contributed by atoms with Crippen molar-refractivity contribution < 1.29 is 22.4 Å². The number of halogens is 3. The molecule has 134 valence electrons. The summed E-state index contributed by atoms with van der Waals surface area (Å²) in [7, 11) is 0. The number of fused-ring (bicyclic) bond motifs is 1. The Hall–Kier alpha value is -2.95. The number of imidazole rings is 1. The van der Waals surface area contributed by atoms with Gasteiger partial charge in [0.25, 0.3) is 0 Å². The van der Waals surface area contributed by atoms with Crippen molar-refractivity contribution in [1.82, 2.24) is 24.5 Å². The molecule has 0 atom stereocenters. The van der Waals surface area contributed by atoms with Crippen molar-refractivity contribution in [2.75, 3.05) is 0 Å². The highest BCUT2D eigenvalue weighted by Crippen LogP contribution is 2.30. The van der Waals surface area contributed by atoms with Crippen LogP contribution in [0.4, 0.5) is 13.2 Å². The minimum absolute atomic E-state index is 0.190. The first-order valence-electron chi connectivity index (χ1n) is 7.33. The van der Waals surface area contributed by atoms with Gasteiger partial charge in [-0.15, -0.1) is 11.3 Å². The van der Waals surface area contributed by atoms with Crippen molar-refractivity contribution in [3.05, 3.63) is 47.2 Å². The van der Waals surface area contributed by atoms with Crippen LogP contribution in [0.5, 0.6) is 5.88 Å². The molecule has 0 aromatic carbocycles. The van der Waals surface area contributed by atoms with Gasteiger partial charge in [0.05, 0.1) is 11.4 Å². The number of hydrogen-bond donors (Lipinski definition) is 0. The Balaban J connectivity index is 1.55. The third kappa shape index (κ3) is 3.01. The number of hydrogen-bond acceptors (Lipinski definition) is 7. The van der Waals surface area contributed by atoms with Crippen molar-refractivity contribution in [1.29, 1.82) is 0 Å². The molecule has 7 nitrogen and oxygen atoms in total. The Morgan fingerprint density at radius 1 is 1.31 bits per heavy atom. The van der Waals surface area contributed by atoms with Gasteiger partial charge in [-0.1, -0.05) is 5.16 Å². The standard InChI is InChI=1S/C15H10F3N5O2S/c1-8-10(23-4-5-26-14(23)20-8)7-24-11-6-9(2-3-19-11)12-21-13(25-22-12)15(16,17)18/h2-6H,7H2,1H3. The largest absolute Gasteiger partial charge is 0.471 e. The van der Waals surface area contributed by atoms with Crippen LogP contribution in [0, 0.1) is 6.92 Å². The summed E-state index contributed by atoms with van der Waals surface area (Å²) in [5.74, 6) is -1.36. The fraction of sp³-hybridized carbons (Fsp3) is 0.200. The lowest BCUT2D eigenvalue weighted by Gasteiger charge is -2.06. The first-order chi connectivity index (χ1) is 12.4. The fourth-order valence-corrected chi connectivity index (χ4v) is 3.12. The number of ether oxygens (including phenoxy) is 1. The van der Waals surface area contributed by atoms with Gasteiger partial charge >= 0.3 is 12.1 Å². The molecule has 0 aliphatic heterocycles. The molecule has 0 unspecified atom stereocenters. The Morgan fingerprint density at radius 2 is 2.15 bits per heavy atom. The maximum atomic E-state index is 12.6. The molecule has 0 saturated heterocycles. The molecule has 0 N–H and O–H groups in total. The van der Waals surface area contributed by atoms with E-state index < -0.39 is 12.1 Å². The maximum absolute atomic E-state index is 12.6.